The van der Waals surface area contributed by atoms with Crippen LogP contribution in [0.5, 0.6) is 0 Å². The summed E-state index contributed by atoms with van der Waals surface area (Å²) in [5.41, 5.74) is 12.1. The molecule has 1 heterocycles. The smallest absolute Gasteiger partial charge is 0.243 e. The predicted octanol–water partition coefficient (Wildman–Crippen LogP) is 1.23. The van der Waals surface area contributed by atoms with Gasteiger partial charge in [-0.1, -0.05) is 15.9 Å². The van der Waals surface area contributed by atoms with E-state index in [-0.39, 0.29) is 11.4 Å². The molecule has 0 spiro atoms. The minimum absolute atomic E-state index is 0.128. The van der Waals surface area contributed by atoms with E-state index in [4.69, 9.17) is 11.5 Å². The van der Waals surface area contributed by atoms with Gasteiger partial charge in [0.2, 0.25) is 15.9 Å². The summed E-state index contributed by atoms with van der Waals surface area (Å²) in [6.45, 7) is 2.19. The highest BCUT2D eigenvalue weighted by atomic mass is 79.9. The second kappa shape index (κ2) is 5.94. The SMILES string of the molecule is Cc1c(N)cc(Br)cc1S(=O)(=O)N1CCCC(C(N)=O)C1. The average molecular weight is 376 g/mol. The standard InChI is InChI=1S/C13H18BrN3O3S/c1-8-11(15)5-10(14)6-12(8)21(19,20)17-4-2-3-9(7-17)13(16)18/h5-6,9H,2-4,7,15H2,1H3,(H2,16,18). The lowest BCUT2D eigenvalue weighted by atomic mass is 9.99. The van der Waals surface area contributed by atoms with Crippen molar-refractivity contribution in [3.8, 4) is 0 Å². The number of sulfonamides is 1. The van der Waals surface area contributed by atoms with Crippen LogP contribution in [0.4, 0.5) is 5.69 Å². The molecule has 0 aromatic heterocycles. The first kappa shape index (κ1) is 16.3. The van der Waals surface area contributed by atoms with Crippen molar-refractivity contribution in [1.29, 1.82) is 0 Å². The Kier molecular flexibility index (Phi) is 4.60. The summed E-state index contributed by atoms with van der Waals surface area (Å²) < 4.78 is 27.5. The average Bonchev–Trinajstić information content (AvgIpc) is 2.42. The molecule has 1 unspecified atom stereocenters. The molecular weight excluding hydrogens is 358 g/mol. The number of anilines is 1. The van der Waals surface area contributed by atoms with Gasteiger partial charge in [-0.25, -0.2) is 8.42 Å². The van der Waals surface area contributed by atoms with Crippen LogP contribution < -0.4 is 11.5 Å². The van der Waals surface area contributed by atoms with Crippen molar-refractivity contribution in [3.05, 3.63) is 22.2 Å². The Morgan fingerprint density at radius 1 is 1.43 bits per heavy atom. The Labute approximate surface area is 132 Å². The second-order valence-electron chi connectivity index (χ2n) is 5.22. The van der Waals surface area contributed by atoms with Crippen LogP contribution in [0.15, 0.2) is 21.5 Å². The Bertz CT molecular complexity index is 675. The summed E-state index contributed by atoms with van der Waals surface area (Å²) >= 11 is 3.26. The molecule has 1 aromatic carbocycles. The second-order valence-corrected chi connectivity index (χ2v) is 8.04. The number of piperidine rings is 1. The number of carbonyl (C=O) groups is 1. The number of hydrogen-bond donors (Lipinski definition) is 2. The first-order valence-corrected chi connectivity index (χ1v) is 8.82. The highest BCUT2D eigenvalue weighted by molar-refractivity contribution is 9.10. The third-order valence-corrected chi connectivity index (χ3v) is 6.22. The van der Waals surface area contributed by atoms with Crippen LogP contribution in [0, 0.1) is 12.8 Å². The topological polar surface area (TPSA) is 106 Å². The van der Waals surface area contributed by atoms with Gasteiger partial charge in [-0.15, -0.1) is 0 Å². The molecule has 1 atom stereocenters. The molecule has 1 amide bonds. The lowest BCUT2D eigenvalue weighted by molar-refractivity contribution is -0.122. The number of halogens is 1. The van der Waals surface area contributed by atoms with Crippen LogP contribution in [0.3, 0.4) is 0 Å². The fraction of sp³-hybridized carbons (Fsp3) is 0.462. The van der Waals surface area contributed by atoms with Crippen molar-refractivity contribution in [2.75, 3.05) is 18.8 Å². The molecule has 8 heteroatoms. The number of nitrogen functional groups attached to an aromatic ring is 1. The molecule has 2 rings (SSSR count). The lowest BCUT2D eigenvalue weighted by Crippen LogP contribution is -2.44. The maximum Gasteiger partial charge on any atom is 0.243 e. The van der Waals surface area contributed by atoms with E-state index in [0.717, 1.165) is 0 Å². The number of rotatable bonds is 3. The highest BCUT2D eigenvalue weighted by Gasteiger charge is 2.33. The Balaban J connectivity index is 2.40. The van der Waals surface area contributed by atoms with E-state index in [1.54, 1.807) is 13.0 Å². The number of hydrogen-bond acceptors (Lipinski definition) is 4. The van der Waals surface area contributed by atoms with Gasteiger partial charge in [-0.3, -0.25) is 4.79 Å². The van der Waals surface area contributed by atoms with Crippen molar-refractivity contribution in [1.82, 2.24) is 4.31 Å². The Morgan fingerprint density at radius 3 is 2.71 bits per heavy atom. The summed E-state index contributed by atoms with van der Waals surface area (Å²) in [5.74, 6) is -0.890. The number of amides is 1. The fourth-order valence-electron chi connectivity index (χ4n) is 2.47. The van der Waals surface area contributed by atoms with Gasteiger partial charge in [0.15, 0.2) is 0 Å². The quantitative estimate of drug-likeness (QED) is 0.774. The molecular formula is C13H18BrN3O3S. The first-order chi connectivity index (χ1) is 9.73. The molecule has 0 aliphatic carbocycles. The van der Waals surface area contributed by atoms with E-state index in [2.05, 4.69) is 15.9 Å². The predicted molar refractivity (Wildman–Crippen MR) is 84.0 cm³/mol. The molecule has 0 bridgehead atoms. The molecule has 21 heavy (non-hydrogen) atoms. The minimum atomic E-state index is -3.69. The van der Waals surface area contributed by atoms with E-state index >= 15 is 0 Å². The van der Waals surface area contributed by atoms with Crippen molar-refractivity contribution in [2.45, 2.75) is 24.7 Å². The van der Waals surface area contributed by atoms with Gasteiger partial charge in [-0.2, -0.15) is 4.31 Å². The number of carbonyl (C=O) groups excluding carboxylic acids is 1. The Hall–Kier alpha value is -1.12. The van der Waals surface area contributed by atoms with Crippen LogP contribution in [0.1, 0.15) is 18.4 Å². The molecule has 0 radical (unpaired) electrons. The Morgan fingerprint density at radius 2 is 2.10 bits per heavy atom. The monoisotopic (exact) mass is 375 g/mol. The van der Waals surface area contributed by atoms with Crippen molar-refractivity contribution in [2.24, 2.45) is 11.7 Å². The van der Waals surface area contributed by atoms with Gasteiger partial charge in [-0.05, 0) is 37.5 Å². The molecule has 0 saturated carbocycles. The maximum atomic E-state index is 12.8. The van der Waals surface area contributed by atoms with Gasteiger partial charge in [0, 0.05) is 23.2 Å². The molecule has 1 saturated heterocycles. The van der Waals surface area contributed by atoms with Gasteiger partial charge in [0.25, 0.3) is 0 Å². The zero-order valence-corrected chi connectivity index (χ0v) is 14.1. The van der Waals surface area contributed by atoms with E-state index in [1.807, 2.05) is 0 Å². The van der Waals surface area contributed by atoms with Crippen LogP contribution >= 0.6 is 15.9 Å². The van der Waals surface area contributed by atoms with Gasteiger partial charge in [0.05, 0.1) is 10.8 Å². The third-order valence-electron chi connectivity index (χ3n) is 3.77. The van der Waals surface area contributed by atoms with Crippen LogP contribution in [-0.4, -0.2) is 31.7 Å². The third kappa shape index (κ3) is 3.22. The summed E-state index contributed by atoms with van der Waals surface area (Å²) in [6, 6.07) is 3.20. The summed E-state index contributed by atoms with van der Waals surface area (Å²) in [5, 5.41) is 0. The van der Waals surface area contributed by atoms with Gasteiger partial charge < -0.3 is 11.5 Å². The first-order valence-electron chi connectivity index (χ1n) is 6.58. The zero-order chi connectivity index (χ0) is 15.8. The van der Waals surface area contributed by atoms with Crippen LogP contribution in [-0.2, 0) is 14.8 Å². The zero-order valence-electron chi connectivity index (χ0n) is 11.7. The van der Waals surface area contributed by atoms with E-state index < -0.39 is 21.8 Å². The molecule has 1 fully saturated rings. The number of nitrogens with two attached hydrogens (primary N) is 2. The largest absolute Gasteiger partial charge is 0.398 e. The molecule has 1 aliphatic heterocycles. The molecule has 4 N–H and O–H groups in total. The van der Waals surface area contributed by atoms with Gasteiger partial charge >= 0.3 is 0 Å². The lowest BCUT2D eigenvalue weighted by Gasteiger charge is -2.30. The molecule has 6 nitrogen and oxygen atoms in total. The molecule has 1 aromatic rings. The highest BCUT2D eigenvalue weighted by Crippen LogP contribution is 2.30. The van der Waals surface area contributed by atoms with Crippen LogP contribution in [0.2, 0.25) is 0 Å². The van der Waals surface area contributed by atoms with Crippen molar-refractivity contribution < 1.29 is 13.2 Å². The normalized spacial score (nSPS) is 20.4. The van der Waals surface area contributed by atoms with E-state index in [0.29, 0.717) is 35.1 Å². The van der Waals surface area contributed by atoms with Gasteiger partial charge in [0.1, 0.15) is 0 Å². The summed E-state index contributed by atoms with van der Waals surface area (Å²) in [7, 11) is -3.69. The number of nitrogens with zero attached hydrogens (tertiary/aromatic N) is 1. The summed E-state index contributed by atoms with van der Waals surface area (Å²) in [6.07, 6.45) is 1.25. The van der Waals surface area contributed by atoms with Crippen molar-refractivity contribution >= 4 is 37.5 Å². The summed E-state index contributed by atoms with van der Waals surface area (Å²) in [4.78, 5) is 11.5. The minimum Gasteiger partial charge on any atom is -0.398 e. The van der Waals surface area contributed by atoms with Crippen molar-refractivity contribution in [3.63, 3.8) is 0 Å². The fourth-order valence-corrected chi connectivity index (χ4v) is 4.91. The number of primary amides is 1. The van der Waals surface area contributed by atoms with Crippen LogP contribution in [0.25, 0.3) is 0 Å². The molecule has 1 aliphatic rings. The number of benzene rings is 1. The van der Waals surface area contributed by atoms with E-state index in [1.165, 1.54) is 10.4 Å². The molecule has 116 valence electrons. The maximum absolute atomic E-state index is 12.8. The van der Waals surface area contributed by atoms with E-state index in [9.17, 15) is 13.2 Å².